The van der Waals surface area contributed by atoms with Crippen molar-refractivity contribution in [3.63, 3.8) is 0 Å². The van der Waals surface area contributed by atoms with Crippen LogP contribution in [0, 0.1) is 0 Å². The van der Waals surface area contributed by atoms with E-state index in [1.807, 2.05) is 0 Å². The van der Waals surface area contributed by atoms with Crippen LogP contribution in [0.25, 0.3) is 0 Å². The van der Waals surface area contributed by atoms with E-state index in [1.165, 1.54) is 11.9 Å². The van der Waals surface area contributed by atoms with Gasteiger partial charge in [0.05, 0.1) is 51.9 Å². The molecule has 17 heteroatoms. The summed E-state index contributed by atoms with van der Waals surface area (Å²) in [6.07, 6.45) is -1.93. The van der Waals surface area contributed by atoms with Gasteiger partial charge in [0.25, 0.3) is 0 Å². The van der Waals surface area contributed by atoms with E-state index in [-0.39, 0.29) is 19.5 Å². The zero-order valence-corrected chi connectivity index (χ0v) is 20.9. The molecule has 0 saturated carbocycles. The summed E-state index contributed by atoms with van der Waals surface area (Å²) in [6, 6.07) is 0. The summed E-state index contributed by atoms with van der Waals surface area (Å²) in [4.78, 5) is 97.3. The lowest BCUT2D eigenvalue weighted by Gasteiger charge is -2.29. The van der Waals surface area contributed by atoms with Crippen LogP contribution in [0.2, 0.25) is 0 Å². The van der Waals surface area contributed by atoms with Gasteiger partial charge in [-0.3, -0.25) is 43.3 Å². The van der Waals surface area contributed by atoms with Gasteiger partial charge in [0.15, 0.2) is 0 Å². The van der Waals surface area contributed by atoms with E-state index in [9.17, 15) is 38.4 Å². The summed E-state index contributed by atoms with van der Waals surface area (Å²) in [6.45, 7) is -3.80. The minimum Gasteiger partial charge on any atom is -0.481 e. The number of primary amides is 1. The first kappa shape index (κ1) is 33.7. The zero-order valence-electron chi connectivity index (χ0n) is 20.9. The SMILES string of the molecule is CN(CCC(=O)O)CC(=O)N(CCC(=O)O)CC(=O)N(CCC(=O)O)CC(=O)N(CCC(=O)O)CC(N)=O. The number of hydrogen-bond acceptors (Lipinski definition) is 9. The molecule has 0 aliphatic carbocycles. The molecule has 0 unspecified atom stereocenters. The Morgan fingerprint density at radius 1 is 0.500 bits per heavy atom. The van der Waals surface area contributed by atoms with Gasteiger partial charge in [0.1, 0.15) is 0 Å². The fraction of sp³-hybridized carbons (Fsp3) is 0.619. The molecule has 0 rings (SSSR count). The van der Waals surface area contributed by atoms with Crippen LogP contribution < -0.4 is 5.73 Å². The Balaban J connectivity index is 5.69. The summed E-state index contributed by atoms with van der Waals surface area (Å²) in [5.41, 5.74) is 5.09. The molecule has 0 bridgehead atoms. The smallest absolute Gasteiger partial charge is 0.305 e. The molecule has 6 N–H and O–H groups in total. The second-order valence-electron chi connectivity index (χ2n) is 8.22. The van der Waals surface area contributed by atoms with Gasteiger partial charge in [0, 0.05) is 26.2 Å². The minimum atomic E-state index is -1.31. The van der Waals surface area contributed by atoms with Crippen molar-refractivity contribution in [2.75, 3.05) is 59.4 Å². The molecule has 0 heterocycles. The number of hydrogen-bond donors (Lipinski definition) is 5. The molecular formula is C21H33N5O12. The molecule has 0 aliphatic heterocycles. The van der Waals surface area contributed by atoms with Crippen molar-refractivity contribution in [3.8, 4) is 0 Å². The standard InChI is InChI=1S/C21H33N5O12/c1-23(6-2-18(31)32)11-15(28)25(8-4-20(35)36)13-17(30)26(9-5-21(37)38)12-16(29)24(10-14(22)27)7-3-19(33)34/h2-13H2,1H3,(H2,22,27)(H,31,32)(H,33,34)(H,35,36)(H,37,38). The highest BCUT2D eigenvalue weighted by Crippen LogP contribution is 2.04. The number of rotatable bonds is 20. The van der Waals surface area contributed by atoms with Crippen molar-refractivity contribution < 1.29 is 58.8 Å². The van der Waals surface area contributed by atoms with Gasteiger partial charge >= 0.3 is 23.9 Å². The van der Waals surface area contributed by atoms with Crippen molar-refractivity contribution in [1.82, 2.24) is 19.6 Å². The van der Waals surface area contributed by atoms with Crippen molar-refractivity contribution in [2.24, 2.45) is 5.73 Å². The number of likely N-dealkylation sites (N-methyl/N-ethyl adjacent to an activating group) is 1. The summed E-state index contributed by atoms with van der Waals surface area (Å²) < 4.78 is 0. The Labute approximate surface area is 217 Å². The van der Waals surface area contributed by atoms with Crippen LogP contribution in [-0.2, 0) is 38.4 Å². The van der Waals surface area contributed by atoms with E-state index in [0.29, 0.717) is 0 Å². The summed E-state index contributed by atoms with van der Waals surface area (Å²) in [5, 5.41) is 35.7. The van der Waals surface area contributed by atoms with Crippen LogP contribution in [0.15, 0.2) is 0 Å². The quantitative estimate of drug-likeness (QED) is 0.101. The van der Waals surface area contributed by atoms with E-state index < -0.39 is 106 Å². The molecule has 0 saturated heterocycles. The molecule has 4 amide bonds. The predicted octanol–water partition coefficient (Wildman–Crippen LogP) is -3.21. The molecule has 17 nitrogen and oxygen atoms in total. The molecule has 0 aliphatic rings. The summed E-state index contributed by atoms with van der Waals surface area (Å²) >= 11 is 0. The highest BCUT2D eigenvalue weighted by Gasteiger charge is 2.27. The van der Waals surface area contributed by atoms with Gasteiger partial charge in [-0.1, -0.05) is 0 Å². The first-order chi connectivity index (χ1) is 17.6. The van der Waals surface area contributed by atoms with Crippen molar-refractivity contribution in [2.45, 2.75) is 25.7 Å². The number of carbonyl (C=O) groups is 8. The number of nitrogens with zero attached hydrogens (tertiary/aromatic N) is 4. The lowest BCUT2D eigenvalue weighted by atomic mass is 10.3. The van der Waals surface area contributed by atoms with E-state index in [4.69, 9.17) is 26.2 Å². The maximum Gasteiger partial charge on any atom is 0.305 e. The van der Waals surface area contributed by atoms with Gasteiger partial charge in [0.2, 0.25) is 23.6 Å². The monoisotopic (exact) mass is 547 g/mol. The predicted molar refractivity (Wildman–Crippen MR) is 125 cm³/mol. The number of aliphatic carboxylic acids is 4. The van der Waals surface area contributed by atoms with Crippen LogP contribution >= 0.6 is 0 Å². The fourth-order valence-corrected chi connectivity index (χ4v) is 2.98. The number of nitrogens with two attached hydrogens (primary N) is 1. The lowest BCUT2D eigenvalue weighted by Crippen LogP contribution is -2.50. The molecule has 0 aromatic heterocycles. The van der Waals surface area contributed by atoms with E-state index in [2.05, 4.69) is 0 Å². The fourth-order valence-electron chi connectivity index (χ4n) is 2.98. The zero-order chi connectivity index (χ0) is 29.4. The van der Waals surface area contributed by atoms with Crippen LogP contribution in [0.3, 0.4) is 0 Å². The Kier molecular flexibility index (Phi) is 15.3. The molecule has 0 atom stereocenters. The molecular weight excluding hydrogens is 514 g/mol. The number of carboxylic acid groups (broad SMARTS) is 4. The number of carboxylic acids is 4. The number of carbonyl (C=O) groups excluding carboxylic acids is 4. The van der Waals surface area contributed by atoms with Crippen LogP contribution in [0.5, 0.6) is 0 Å². The molecule has 38 heavy (non-hydrogen) atoms. The van der Waals surface area contributed by atoms with E-state index in [0.717, 1.165) is 14.7 Å². The second kappa shape index (κ2) is 17.2. The maximum absolute atomic E-state index is 13.0. The van der Waals surface area contributed by atoms with Crippen molar-refractivity contribution >= 4 is 47.5 Å². The largest absolute Gasteiger partial charge is 0.481 e. The van der Waals surface area contributed by atoms with E-state index >= 15 is 0 Å². The van der Waals surface area contributed by atoms with Gasteiger partial charge in [-0.05, 0) is 7.05 Å². The average molecular weight is 548 g/mol. The van der Waals surface area contributed by atoms with Crippen LogP contribution in [0.1, 0.15) is 25.7 Å². The number of amides is 4. The Morgan fingerprint density at radius 2 is 0.789 bits per heavy atom. The molecule has 0 aromatic carbocycles. The van der Waals surface area contributed by atoms with Gasteiger partial charge in [-0.25, -0.2) is 0 Å². The first-order valence-electron chi connectivity index (χ1n) is 11.3. The topological polar surface area (TPSA) is 256 Å². The minimum absolute atomic E-state index is 0.00688. The second-order valence-corrected chi connectivity index (χ2v) is 8.22. The summed E-state index contributed by atoms with van der Waals surface area (Å²) in [7, 11) is 1.44. The molecule has 0 fully saturated rings. The third-order valence-corrected chi connectivity index (χ3v) is 4.96. The molecule has 0 aromatic rings. The first-order valence-corrected chi connectivity index (χ1v) is 11.3. The lowest BCUT2D eigenvalue weighted by molar-refractivity contribution is -0.148. The Bertz CT molecular complexity index is 909. The van der Waals surface area contributed by atoms with Crippen molar-refractivity contribution in [3.05, 3.63) is 0 Å². The van der Waals surface area contributed by atoms with Crippen molar-refractivity contribution in [1.29, 1.82) is 0 Å². The molecule has 0 radical (unpaired) electrons. The Hall–Kier alpha value is -4.28. The summed E-state index contributed by atoms with van der Waals surface area (Å²) in [5.74, 6) is -8.44. The normalized spacial score (nSPS) is 10.5. The molecule has 0 spiro atoms. The Morgan fingerprint density at radius 3 is 1.11 bits per heavy atom. The highest BCUT2D eigenvalue weighted by molar-refractivity contribution is 5.90. The van der Waals surface area contributed by atoms with Gasteiger partial charge in [-0.2, -0.15) is 0 Å². The maximum atomic E-state index is 13.0. The third kappa shape index (κ3) is 15.7. The highest BCUT2D eigenvalue weighted by atomic mass is 16.4. The van der Waals surface area contributed by atoms with Gasteiger partial charge < -0.3 is 40.9 Å². The molecule has 214 valence electrons. The third-order valence-electron chi connectivity index (χ3n) is 4.96. The van der Waals surface area contributed by atoms with Gasteiger partial charge in [-0.15, -0.1) is 0 Å². The average Bonchev–Trinajstić information content (AvgIpc) is 2.79. The van der Waals surface area contributed by atoms with Crippen LogP contribution in [0.4, 0.5) is 0 Å². The van der Waals surface area contributed by atoms with E-state index in [1.54, 1.807) is 0 Å². The van der Waals surface area contributed by atoms with Crippen LogP contribution in [-0.4, -0.2) is 147 Å².